The molecule has 3 aliphatic rings. The molecule has 0 N–H and O–H groups in total. The highest BCUT2D eigenvalue weighted by atomic mass is 19.2. The predicted octanol–water partition coefficient (Wildman–Crippen LogP) is 6.88. The quantitative estimate of drug-likeness (QED) is 0.528. The smallest absolute Gasteiger partial charge is 0.131 e. The van der Waals surface area contributed by atoms with Crippen LogP contribution in [0, 0.1) is 29.6 Å². The molecule has 3 fully saturated rings. The van der Waals surface area contributed by atoms with Crippen molar-refractivity contribution in [1.82, 2.24) is 0 Å². The van der Waals surface area contributed by atoms with Crippen LogP contribution in [0.3, 0.4) is 0 Å². The van der Waals surface area contributed by atoms with Crippen LogP contribution in [0.15, 0.2) is 0 Å². The van der Waals surface area contributed by atoms with Crippen molar-refractivity contribution in [1.29, 1.82) is 0 Å². The lowest BCUT2D eigenvalue weighted by Crippen LogP contribution is -2.28. The van der Waals surface area contributed by atoms with Gasteiger partial charge < -0.3 is 0 Å². The van der Waals surface area contributed by atoms with E-state index in [1.165, 1.54) is 57.8 Å². The van der Waals surface area contributed by atoms with Gasteiger partial charge in [-0.25, -0.2) is 8.78 Å². The molecule has 0 aromatic carbocycles. The third kappa shape index (κ3) is 4.92. The van der Waals surface area contributed by atoms with Gasteiger partial charge in [0.05, 0.1) is 0 Å². The molecule has 23 heavy (non-hydrogen) atoms. The monoisotopic (exact) mass is 326 g/mol. The SMILES string of the molecule is CC1CCC(C2CCC(CCC3CCC(F)C(F)C3)CC2)CC1. The maximum Gasteiger partial charge on any atom is 0.131 e. The minimum atomic E-state index is -1.18. The van der Waals surface area contributed by atoms with Crippen LogP contribution in [-0.4, -0.2) is 12.3 Å². The van der Waals surface area contributed by atoms with Crippen LogP contribution in [0.2, 0.25) is 0 Å². The molecule has 0 aliphatic heterocycles. The second kappa shape index (κ2) is 8.30. The van der Waals surface area contributed by atoms with Crippen LogP contribution in [0.25, 0.3) is 0 Å². The van der Waals surface area contributed by atoms with Crippen LogP contribution < -0.4 is 0 Å². The van der Waals surface area contributed by atoms with E-state index in [4.69, 9.17) is 0 Å². The summed E-state index contributed by atoms with van der Waals surface area (Å²) in [4.78, 5) is 0. The normalized spacial score (nSPS) is 45.8. The lowest BCUT2D eigenvalue weighted by atomic mass is 9.68. The molecule has 0 saturated heterocycles. The van der Waals surface area contributed by atoms with Crippen LogP contribution in [0.4, 0.5) is 8.78 Å². The molecule has 0 spiro atoms. The summed E-state index contributed by atoms with van der Waals surface area (Å²) < 4.78 is 26.7. The van der Waals surface area contributed by atoms with Crippen LogP contribution in [0.1, 0.15) is 90.4 Å². The van der Waals surface area contributed by atoms with Crippen molar-refractivity contribution in [3.8, 4) is 0 Å². The van der Waals surface area contributed by atoms with E-state index in [1.807, 2.05) is 0 Å². The molecule has 134 valence electrons. The second-order valence-corrected chi connectivity index (χ2v) is 9.09. The van der Waals surface area contributed by atoms with E-state index >= 15 is 0 Å². The summed E-state index contributed by atoms with van der Waals surface area (Å²) in [5.41, 5.74) is 0. The zero-order valence-corrected chi connectivity index (χ0v) is 15.0. The molecule has 3 saturated carbocycles. The van der Waals surface area contributed by atoms with Crippen LogP contribution >= 0.6 is 0 Å². The van der Waals surface area contributed by atoms with Crippen molar-refractivity contribution in [3.05, 3.63) is 0 Å². The average molecular weight is 327 g/mol. The van der Waals surface area contributed by atoms with Crippen molar-refractivity contribution in [2.75, 3.05) is 0 Å². The summed E-state index contributed by atoms with van der Waals surface area (Å²) >= 11 is 0. The minimum absolute atomic E-state index is 0.453. The standard InChI is InChI=1S/C21H36F2/c1-15-2-9-18(10-3-15)19-11-6-16(7-12-19)4-5-17-8-13-20(22)21(23)14-17/h15-21H,2-14H2,1H3. The van der Waals surface area contributed by atoms with E-state index < -0.39 is 12.3 Å². The van der Waals surface area contributed by atoms with Crippen molar-refractivity contribution in [2.45, 2.75) is 103 Å². The van der Waals surface area contributed by atoms with Gasteiger partial charge in [0.15, 0.2) is 0 Å². The fourth-order valence-corrected chi connectivity index (χ4v) is 5.60. The Balaban J connectivity index is 1.33. The molecular formula is C21H36F2. The fraction of sp³-hybridized carbons (Fsp3) is 1.00. The van der Waals surface area contributed by atoms with Gasteiger partial charge >= 0.3 is 0 Å². The first-order chi connectivity index (χ1) is 11.1. The Kier molecular flexibility index (Phi) is 6.38. The Morgan fingerprint density at radius 1 is 0.609 bits per heavy atom. The molecule has 3 aliphatic carbocycles. The lowest BCUT2D eigenvalue weighted by Gasteiger charge is -2.37. The van der Waals surface area contributed by atoms with Crippen LogP contribution in [-0.2, 0) is 0 Å². The Labute approximate surface area is 141 Å². The Hall–Kier alpha value is -0.140. The van der Waals surface area contributed by atoms with E-state index in [0.717, 1.165) is 36.5 Å². The topological polar surface area (TPSA) is 0 Å². The number of rotatable bonds is 4. The first kappa shape index (κ1) is 17.7. The summed E-state index contributed by atoms with van der Waals surface area (Å²) in [5, 5.41) is 0. The molecule has 0 aromatic heterocycles. The van der Waals surface area contributed by atoms with Crippen LogP contribution in [0.5, 0.6) is 0 Å². The second-order valence-electron chi connectivity index (χ2n) is 9.09. The van der Waals surface area contributed by atoms with Crippen molar-refractivity contribution < 1.29 is 8.78 Å². The number of alkyl halides is 2. The van der Waals surface area contributed by atoms with E-state index in [2.05, 4.69) is 6.92 Å². The maximum atomic E-state index is 13.5. The molecule has 3 atom stereocenters. The molecule has 0 heterocycles. The third-order valence-corrected chi connectivity index (χ3v) is 7.40. The summed E-state index contributed by atoms with van der Waals surface area (Å²) in [7, 11) is 0. The summed E-state index contributed by atoms with van der Waals surface area (Å²) in [6, 6.07) is 0. The molecule has 0 amide bonds. The highest BCUT2D eigenvalue weighted by Gasteiger charge is 2.32. The molecule has 0 aromatic rings. The molecule has 0 nitrogen and oxygen atoms in total. The zero-order chi connectivity index (χ0) is 16.2. The Bertz CT molecular complexity index is 340. The van der Waals surface area contributed by atoms with E-state index in [0.29, 0.717) is 18.8 Å². The predicted molar refractivity (Wildman–Crippen MR) is 92.9 cm³/mol. The first-order valence-corrected chi connectivity index (χ1v) is 10.4. The number of hydrogen-bond acceptors (Lipinski definition) is 0. The van der Waals surface area contributed by atoms with Gasteiger partial charge in [0.25, 0.3) is 0 Å². The molecular weight excluding hydrogens is 290 g/mol. The molecule has 2 heteroatoms. The lowest BCUT2D eigenvalue weighted by molar-refractivity contribution is 0.0818. The molecule has 3 rings (SSSR count). The van der Waals surface area contributed by atoms with Gasteiger partial charge in [0.1, 0.15) is 12.3 Å². The maximum absolute atomic E-state index is 13.5. The van der Waals surface area contributed by atoms with Gasteiger partial charge in [0.2, 0.25) is 0 Å². The Morgan fingerprint density at radius 2 is 1.13 bits per heavy atom. The average Bonchev–Trinajstić information content (AvgIpc) is 2.57. The molecule has 0 radical (unpaired) electrons. The van der Waals surface area contributed by atoms with Gasteiger partial charge in [-0.2, -0.15) is 0 Å². The first-order valence-electron chi connectivity index (χ1n) is 10.4. The Morgan fingerprint density at radius 3 is 1.74 bits per heavy atom. The summed E-state index contributed by atoms with van der Waals surface area (Å²) in [6.45, 7) is 2.41. The van der Waals surface area contributed by atoms with Gasteiger partial charge in [-0.05, 0) is 74.5 Å². The van der Waals surface area contributed by atoms with Crippen molar-refractivity contribution >= 4 is 0 Å². The number of hydrogen-bond donors (Lipinski definition) is 0. The van der Waals surface area contributed by atoms with E-state index in [-0.39, 0.29) is 0 Å². The zero-order valence-electron chi connectivity index (χ0n) is 15.0. The van der Waals surface area contributed by atoms with E-state index in [9.17, 15) is 8.78 Å². The van der Waals surface area contributed by atoms with Gasteiger partial charge in [-0.1, -0.05) is 45.4 Å². The number of halogens is 2. The van der Waals surface area contributed by atoms with Gasteiger partial charge in [0, 0.05) is 0 Å². The highest BCUT2D eigenvalue weighted by Crippen LogP contribution is 2.43. The molecule has 0 bridgehead atoms. The summed E-state index contributed by atoms with van der Waals surface area (Å²) in [5.74, 6) is 4.29. The van der Waals surface area contributed by atoms with Crippen molar-refractivity contribution in [3.63, 3.8) is 0 Å². The van der Waals surface area contributed by atoms with Gasteiger partial charge in [-0.3, -0.25) is 0 Å². The highest BCUT2D eigenvalue weighted by molar-refractivity contribution is 4.83. The fourth-order valence-electron chi connectivity index (χ4n) is 5.60. The summed E-state index contributed by atoms with van der Waals surface area (Å²) in [6.07, 6.45) is 13.4. The van der Waals surface area contributed by atoms with E-state index in [1.54, 1.807) is 0 Å². The molecule has 3 unspecified atom stereocenters. The van der Waals surface area contributed by atoms with Crippen molar-refractivity contribution in [2.24, 2.45) is 29.6 Å². The third-order valence-electron chi connectivity index (χ3n) is 7.40. The largest absolute Gasteiger partial charge is 0.244 e. The van der Waals surface area contributed by atoms with Gasteiger partial charge in [-0.15, -0.1) is 0 Å². The minimum Gasteiger partial charge on any atom is -0.244 e.